The molecule has 1 saturated heterocycles. The van der Waals surface area contributed by atoms with Gasteiger partial charge in [0.05, 0.1) is 6.54 Å². The SMILES string of the molecule is O=C(NC1CCNCC1)c1cccc(Nc2ncc3ccn(Cc4cc(F)ccc4F)c3n2)c1. The largest absolute Gasteiger partial charge is 0.349 e. The number of nitrogens with one attached hydrogen (secondary N) is 3. The Morgan fingerprint density at radius 1 is 1.12 bits per heavy atom. The van der Waals surface area contributed by atoms with Crippen molar-refractivity contribution in [1.29, 1.82) is 0 Å². The topological polar surface area (TPSA) is 83.9 Å². The van der Waals surface area contributed by atoms with Crippen molar-refractivity contribution in [1.82, 2.24) is 25.2 Å². The first-order valence-corrected chi connectivity index (χ1v) is 11.2. The predicted octanol–water partition coefficient (Wildman–Crippen LogP) is 3.98. The van der Waals surface area contributed by atoms with E-state index < -0.39 is 11.6 Å². The van der Waals surface area contributed by atoms with Crippen LogP contribution in [0.3, 0.4) is 0 Å². The summed E-state index contributed by atoms with van der Waals surface area (Å²) in [5.74, 6) is -0.745. The van der Waals surface area contributed by atoms with Gasteiger partial charge in [-0.3, -0.25) is 4.79 Å². The van der Waals surface area contributed by atoms with Crippen molar-refractivity contribution in [2.75, 3.05) is 18.4 Å². The van der Waals surface area contributed by atoms with Crippen LogP contribution < -0.4 is 16.0 Å². The molecule has 0 bridgehead atoms. The van der Waals surface area contributed by atoms with Gasteiger partial charge in [-0.25, -0.2) is 13.8 Å². The van der Waals surface area contributed by atoms with E-state index in [0.717, 1.165) is 43.5 Å². The molecule has 1 aliphatic rings. The number of halogens is 2. The Kier molecular flexibility index (Phi) is 6.18. The van der Waals surface area contributed by atoms with Crippen LogP contribution in [-0.4, -0.2) is 39.6 Å². The summed E-state index contributed by atoms with van der Waals surface area (Å²) in [5.41, 5.74) is 2.04. The highest BCUT2D eigenvalue weighted by Gasteiger charge is 2.17. The highest BCUT2D eigenvalue weighted by Crippen LogP contribution is 2.21. The number of piperidine rings is 1. The fraction of sp³-hybridized carbons (Fsp3) is 0.240. The first-order chi connectivity index (χ1) is 16.5. The Morgan fingerprint density at radius 2 is 1.97 bits per heavy atom. The third kappa shape index (κ3) is 4.89. The molecule has 34 heavy (non-hydrogen) atoms. The number of nitrogens with zero attached hydrogens (tertiary/aromatic N) is 3. The molecule has 3 N–H and O–H groups in total. The minimum Gasteiger partial charge on any atom is -0.349 e. The number of carbonyl (C=O) groups excluding carboxylic acids is 1. The third-order valence-corrected chi connectivity index (χ3v) is 5.91. The van der Waals surface area contributed by atoms with Gasteiger partial charge in [0.15, 0.2) is 0 Å². The maximum Gasteiger partial charge on any atom is 0.251 e. The van der Waals surface area contributed by atoms with Gasteiger partial charge in [-0.1, -0.05) is 6.07 Å². The molecule has 0 saturated carbocycles. The lowest BCUT2D eigenvalue weighted by Gasteiger charge is -2.23. The van der Waals surface area contributed by atoms with Crippen molar-refractivity contribution in [2.45, 2.75) is 25.4 Å². The summed E-state index contributed by atoms with van der Waals surface area (Å²) in [6.45, 7) is 1.94. The molecule has 9 heteroatoms. The molecule has 0 radical (unpaired) electrons. The van der Waals surface area contributed by atoms with Gasteiger partial charge in [-0.05, 0) is 68.4 Å². The Balaban J connectivity index is 1.34. The molecule has 0 spiro atoms. The second-order valence-corrected chi connectivity index (χ2v) is 8.36. The second kappa shape index (κ2) is 9.56. The molecule has 5 rings (SSSR count). The van der Waals surface area contributed by atoms with Gasteiger partial charge >= 0.3 is 0 Å². The van der Waals surface area contributed by atoms with Crippen LogP contribution in [0.15, 0.2) is 60.9 Å². The Morgan fingerprint density at radius 3 is 2.82 bits per heavy atom. The van der Waals surface area contributed by atoms with Crippen LogP contribution in [0, 0.1) is 11.6 Å². The molecule has 1 amide bonds. The average molecular weight is 463 g/mol. The fourth-order valence-electron chi connectivity index (χ4n) is 4.11. The molecule has 174 valence electrons. The quantitative estimate of drug-likeness (QED) is 0.404. The molecule has 2 aromatic heterocycles. The van der Waals surface area contributed by atoms with Crippen molar-refractivity contribution in [3.8, 4) is 0 Å². The zero-order chi connectivity index (χ0) is 23.5. The van der Waals surface area contributed by atoms with Gasteiger partial charge < -0.3 is 20.5 Å². The highest BCUT2D eigenvalue weighted by atomic mass is 19.1. The standard InChI is InChI=1S/C25H24F2N6O/c26-19-4-5-22(27)18(12-19)15-33-11-8-17-14-29-25(32-23(17)33)31-21-3-1-2-16(13-21)24(34)30-20-6-9-28-10-7-20/h1-5,8,11-14,20,28H,6-7,9-10,15H2,(H,30,34)(H,29,31,32). The van der Waals surface area contributed by atoms with Crippen LogP contribution in [0.4, 0.5) is 20.4 Å². The lowest BCUT2D eigenvalue weighted by molar-refractivity contribution is 0.0929. The van der Waals surface area contributed by atoms with Crippen LogP contribution in [0.25, 0.3) is 11.0 Å². The van der Waals surface area contributed by atoms with E-state index >= 15 is 0 Å². The van der Waals surface area contributed by atoms with Crippen molar-refractivity contribution < 1.29 is 13.6 Å². The van der Waals surface area contributed by atoms with E-state index in [2.05, 4.69) is 25.9 Å². The van der Waals surface area contributed by atoms with Gasteiger partial charge in [-0.2, -0.15) is 4.98 Å². The molecule has 0 unspecified atom stereocenters. The molecule has 2 aromatic carbocycles. The number of benzene rings is 2. The number of hydrogen-bond donors (Lipinski definition) is 3. The summed E-state index contributed by atoms with van der Waals surface area (Å²) in [5, 5.41) is 10.3. The molecule has 7 nitrogen and oxygen atoms in total. The minimum atomic E-state index is -0.492. The van der Waals surface area contributed by atoms with Gasteiger partial charge in [0.1, 0.15) is 17.3 Å². The van der Waals surface area contributed by atoms with Crippen molar-refractivity contribution >= 4 is 28.6 Å². The first-order valence-electron chi connectivity index (χ1n) is 11.2. The fourth-order valence-corrected chi connectivity index (χ4v) is 4.11. The maximum atomic E-state index is 14.1. The number of aromatic nitrogens is 3. The smallest absolute Gasteiger partial charge is 0.251 e. The summed E-state index contributed by atoms with van der Waals surface area (Å²) in [4.78, 5) is 21.6. The van der Waals surface area contributed by atoms with Crippen LogP contribution in [0.1, 0.15) is 28.8 Å². The summed E-state index contributed by atoms with van der Waals surface area (Å²) in [7, 11) is 0. The molecule has 1 fully saturated rings. The van der Waals surface area contributed by atoms with E-state index in [9.17, 15) is 13.6 Å². The van der Waals surface area contributed by atoms with Gasteiger partial charge in [0.25, 0.3) is 5.91 Å². The molecular weight excluding hydrogens is 438 g/mol. The number of rotatable bonds is 6. The van der Waals surface area contributed by atoms with E-state index in [0.29, 0.717) is 22.8 Å². The highest BCUT2D eigenvalue weighted by molar-refractivity contribution is 5.95. The molecule has 0 atom stereocenters. The van der Waals surface area contributed by atoms with E-state index in [1.807, 2.05) is 12.1 Å². The molecular formula is C25H24F2N6O. The van der Waals surface area contributed by atoms with Crippen molar-refractivity contribution in [3.05, 3.63) is 83.7 Å². The summed E-state index contributed by atoms with van der Waals surface area (Å²) in [6, 6.07) is 12.5. The molecule has 0 aliphatic carbocycles. The zero-order valence-corrected chi connectivity index (χ0v) is 18.4. The monoisotopic (exact) mass is 462 g/mol. The average Bonchev–Trinajstić information content (AvgIpc) is 3.24. The van der Waals surface area contributed by atoms with Crippen LogP contribution in [0.5, 0.6) is 0 Å². The number of anilines is 2. The van der Waals surface area contributed by atoms with Crippen LogP contribution in [0.2, 0.25) is 0 Å². The number of hydrogen-bond acceptors (Lipinski definition) is 5. The Labute approximate surface area is 195 Å². The van der Waals surface area contributed by atoms with Gasteiger partial charge in [0.2, 0.25) is 5.95 Å². The predicted molar refractivity (Wildman–Crippen MR) is 126 cm³/mol. The normalized spacial score (nSPS) is 14.3. The number of amides is 1. The molecule has 4 aromatic rings. The molecule has 3 heterocycles. The van der Waals surface area contributed by atoms with Crippen molar-refractivity contribution in [2.24, 2.45) is 0 Å². The van der Waals surface area contributed by atoms with Gasteiger partial charge in [-0.15, -0.1) is 0 Å². The number of carbonyl (C=O) groups is 1. The Hall–Kier alpha value is -3.85. The van der Waals surface area contributed by atoms with Crippen molar-refractivity contribution in [3.63, 3.8) is 0 Å². The van der Waals surface area contributed by atoms with E-state index in [1.165, 1.54) is 6.07 Å². The summed E-state index contributed by atoms with van der Waals surface area (Å²) >= 11 is 0. The first kappa shape index (κ1) is 22.0. The zero-order valence-electron chi connectivity index (χ0n) is 18.4. The van der Waals surface area contributed by atoms with E-state index in [-0.39, 0.29) is 24.1 Å². The third-order valence-electron chi connectivity index (χ3n) is 5.91. The van der Waals surface area contributed by atoms with Crippen LogP contribution >= 0.6 is 0 Å². The second-order valence-electron chi connectivity index (χ2n) is 8.36. The van der Waals surface area contributed by atoms with E-state index in [1.54, 1.807) is 35.2 Å². The minimum absolute atomic E-state index is 0.113. The summed E-state index contributed by atoms with van der Waals surface area (Å²) in [6.07, 6.45) is 5.25. The molecule has 1 aliphatic heterocycles. The summed E-state index contributed by atoms with van der Waals surface area (Å²) < 4.78 is 29.4. The van der Waals surface area contributed by atoms with Gasteiger partial charge in [0, 0.05) is 40.6 Å². The lowest BCUT2D eigenvalue weighted by atomic mass is 10.1. The lowest BCUT2D eigenvalue weighted by Crippen LogP contribution is -2.42. The number of fused-ring (bicyclic) bond motifs is 1. The van der Waals surface area contributed by atoms with Crippen LogP contribution in [-0.2, 0) is 6.54 Å². The Bertz CT molecular complexity index is 1330. The maximum absolute atomic E-state index is 14.1. The van der Waals surface area contributed by atoms with E-state index in [4.69, 9.17) is 0 Å².